The van der Waals surface area contributed by atoms with E-state index in [9.17, 15) is 19.0 Å². The van der Waals surface area contributed by atoms with Crippen molar-refractivity contribution in [2.24, 2.45) is 0 Å². The Balaban J connectivity index is 4.04. The van der Waals surface area contributed by atoms with Crippen molar-refractivity contribution in [3.63, 3.8) is 0 Å². The van der Waals surface area contributed by atoms with Crippen LogP contribution in [0.4, 0.5) is 0 Å². The lowest BCUT2D eigenvalue weighted by molar-refractivity contribution is -0.870. The first-order valence-corrected chi connectivity index (χ1v) is 36.4. The molecule has 9 nitrogen and oxygen atoms in total. The average molecular weight is 1220 g/mol. The van der Waals surface area contributed by atoms with Gasteiger partial charge in [-0.1, -0.05) is 289 Å². The van der Waals surface area contributed by atoms with Gasteiger partial charge >= 0.3 is 19.8 Å². The van der Waals surface area contributed by atoms with E-state index >= 15 is 0 Å². The van der Waals surface area contributed by atoms with Crippen molar-refractivity contribution >= 4 is 19.8 Å². The van der Waals surface area contributed by atoms with Gasteiger partial charge in [0.15, 0.2) is 6.10 Å². The van der Waals surface area contributed by atoms with Crippen LogP contribution in [-0.2, 0) is 32.7 Å². The minimum absolute atomic E-state index is 0.0248. The number of esters is 2. The van der Waals surface area contributed by atoms with Gasteiger partial charge in [0.1, 0.15) is 19.8 Å². The van der Waals surface area contributed by atoms with Gasteiger partial charge < -0.3 is 18.9 Å². The monoisotopic (exact) mass is 1220 g/mol. The predicted molar refractivity (Wildman–Crippen MR) is 371 cm³/mol. The van der Waals surface area contributed by atoms with Gasteiger partial charge in [-0.05, 0) is 116 Å². The molecule has 0 fully saturated rings. The molecule has 0 aliphatic heterocycles. The van der Waals surface area contributed by atoms with Gasteiger partial charge in [-0.2, -0.15) is 0 Å². The number of phosphoric ester groups is 1. The van der Waals surface area contributed by atoms with Gasteiger partial charge in [0, 0.05) is 12.8 Å². The number of carbonyl (C=O) groups is 2. The van der Waals surface area contributed by atoms with Crippen molar-refractivity contribution in [3.05, 3.63) is 134 Å². The molecule has 0 rings (SSSR count). The molecule has 0 aliphatic rings. The second-order valence-corrected chi connectivity index (χ2v) is 25.6. The Morgan fingerprint density at radius 1 is 0.372 bits per heavy atom. The van der Waals surface area contributed by atoms with Crippen LogP contribution in [0.1, 0.15) is 284 Å². The fourth-order valence-electron chi connectivity index (χ4n) is 9.33. The molecule has 0 aromatic rings. The summed E-state index contributed by atoms with van der Waals surface area (Å²) in [5.74, 6) is -0.811. The number of likely N-dealkylation sites (N-methyl/N-ethyl adjacent to an activating group) is 1. The molecule has 0 saturated carbocycles. The highest BCUT2D eigenvalue weighted by Crippen LogP contribution is 2.43. The van der Waals surface area contributed by atoms with E-state index in [-0.39, 0.29) is 32.0 Å². The third kappa shape index (κ3) is 69.3. The van der Waals surface area contributed by atoms with Gasteiger partial charge in [-0.3, -0.25) is 18.6 Å². The maximum Gasteiger partial charge on any atom is 0.472 e. The van der Waals surface area contributed by atoms with E-state index < -0.39 is 26.5 Å². The molecule has 0 amide bonds. The van der Waals surface area contributed by atoms with Crippen LogP contribution >= 0.6 is 7.82 Å². The lowest BCUT2D eigenvalue weighted by Crippen LogP contribution is -2.37. The molecular weight excluding hydrogens is 1090 g/mol. The van der Waals surface area contributed by atoms with Crippen LogP contribution in [0.2, 0.25) is 0 Å². The Kier molecular flexibility index (Phi) is 62.7. The molecule has 0 spiro atoms. The maximum atomic E-state index is 12.9. The summed E-state index contributed by atoms with van der Waals surface area (Å²) >= 11 is 0. The van der Waals surface area contributed by atoms with Crippen molar-refractivity contribution < 1.29 is 42.1 Å². The smallest absolute Gasteiger partial charge is 0.462 e. The number of unbranched alkanes of at least 4 members (excludes halogenated alkanes) is 27. The Bertz CT molecular complexity index is 1910. The van der Waals surface area contributed by atoms with E-state index in [1.807, 2.05) is 21.1 Å². The van der Waals surface area contributed by atoms with Crippen LogP contribution in [0.5, 0.6) is 0 Å². The number of hydrogen-bond donors (Lipinski definition) is 1. The van der Waals surface area contributed by atoms with E-state index in [2.05, 4.69) is 148 Å². The first-order valence-electron chi connectivity index (χ1n) is 34.9. The Hall–Kier alpha value is -3.85. The predicted octanol–water partition coefficient (Wildman–Crippen LogP) is 22.8. The third-order valence-electron chi connectivity index (χ3n) is 14.7. The summed E-state index contributed by atoms with van der Waals surface area (Å²) < 4.78 is 34.7. The molecule has 0 aliphatic carbocycles. The number of allylic oxidation sites excluding steroid dienone is 22. The van der Waals surface area contributed by atoms with Crippen molar-refractivity contribution in [2.75, 3.05) is 47.5 Å². The fraction of sp³-hybridized carbons (Fsp3) is 0.684. The molecule has 0 saturated heterocycles. The molecule has 0 radical (unpaired) electrons. The number of phosphoric acid groups is 1. The van der Waals surface area contributed by atoms with Crippen LogP contribution in [0.25, 0.3) is 0 Å². The number of ether oxygens (including phenoxy) is 2. The summed E-state index contributed by atoms with van der Waals surface area (Å²) in [4.78, 5) is 35.8. The van der Waals surface area contributed by atoms with Crippen LogP contribution in [0.15, 0.2) is 134 Å². The summed E-state index contributed by atoms with van der Waals surface area (Å²) in [5, 5.41) is 0. The zero-order valence-corrected chi connectivity index (χ0v) is 56.9. The lowest BCUT2D eigenvalue weighted by Gasteiger charge is -2.24. The first-order chi connectivity index (χ1) is 42.0. The minimum Gasteiger partial charge on any atom is -0.462 e. The minimum atomic E-state index is -4.40. The number of quaternary nitrogens is 1. The van der Waals surface area contributed by atoms with Crippen LogP contribution in [0.3, 0.4) is 0 Å². The Morgan fingerprint density at radius 2 is 0.663 bits per heavy atom. The first kappa shape index (κ1) is 82.1. The van der Waals surface area contributed by atoms with E-state index in [1.165, 1.54) is 135 Å². The van der Waals surface area contributed by atoms with E-state index in [0.717, 1.165) is 116 Å². The maximum absolute atomic E-state index is 12.9. The number of hydrogen-bond acceptors (Lipinski definition) is 7. The van der Waals surface area contributed by atoms with Gasteiger partial charge in [-0.15, -0.1) is 0 Å². The van der Waals surface area contributed by atoms with Crippen molar-refractivity contribution in [1.29, 1.82) is 0 Å². The lowest BCUT2D eigenvalue weighted by atomic mass is 10.0. The largest absolute Gasteiger partial charge is 0.472 e. The molecule has 492 valence electrons. The molecule has 0 aromatic heterocycles. The summed E-state index contributed by atoms with van der Waals surface area (Å²) in [5.41, 5.74) is 0. The average Bonchev–Trinajstić information content (AvgIpc) is 3.70. The van der Waals surface area contributed by atoms with Gasteiger partial charge in [-0.25, -0.2) is 4.57 Å². The van der Waals surface area contributed by atoms with Crippen molar-refractivity contribution in [2.45, 2.75) is 290 Å². The zero-order valence-electron chi connectivity index (χ0n) is 56.0. The molecule has 10 heteroatoms. The quantitative estimate of drug-likeness (QED) is 0.0211. The standard InChI is InChI=1S/C76H130NO8P/c1-6-8-10-12-14-16-18-20-22-24-26-28-29-30-31-32-33-34-35-36-37-38-39-40-41-42-43-44-45-46-47-49-51-53-55-57-59-61-63-65-67-69-76(79)85-74(73-84-86(80,81)83-71-70-77(3,4)5)72-82-75(78)68-66-64-62-60-58-56-54-52-50-48-27-25-23-21-19-17-15-13-11-9-7-2/h8,10,14,16,19-22,25-28,30-31,33-34,36-37,39-40,50,52,74H,6-7,9,11-13,15,17-18,23-24,29,32,35,38,41-49,51,53-73H2,1-5H3/p+1/b10-8-,16-14-,21-19-,22-20-,27-25-,28-26-,31-30-,34-33-,37-36-,40-39-,52-50-. The molecular formula is C76H131NO8P+. The highest BCUT2D eigenvalue weighted by atomic mass is 31.2. The van der Waals surface area contributed by atoms with E-state index in [1.54, 1.807) is 0 Å². The highest BCUT2D eigenvalue weighted by Gasteiger charge is 2.27. The Morgan fingerprint density at radius 3 is 0.988 bits per heavy atom. The normalized spacial score (nSPS) is 14.0. The third-order valence-corrected chi connectivity index (χ3v) is 15.6. The van der Waals surface area contributed by atoms with Gasteiger partial charge in [0.25, 0.3) is 0 Å². The summed E-state index contributed by atoms with van der Waals surface area (Å²) in [7, 11) is 1.46. The molecule has 1 N–H and O–H groups in total. The summed E-state index contributed by atoms with van der Waals surface area (Å²) in [6, 6.07) is 0. The molecule has 86 heavy (non-hydrogen) atoms. The number of nitrogens with zero attached hydrogens (tertiary/aromatic N) is 1. The highest BCUT2D eigenvalue weighted by molar-refractivity contribution is 7.47. The zero-order chi connectivity index (χ0) is 62.6. The topological polar surface area (TPSA) is 108 Å². The molecule has 2 atom stereocenters. The Labute approximate surface area is 530 Å². The summed E-state index contributed by atoms with van der Waals surface area (Å²) in [6.45, 7) is 4.30. The van der Waals surface area contributed by atoms with Crippen LogP contribution < -0.4 is 0 Å². The second-order valence-electron chi connectivity index (χ2n) is 24.2. The van der Waals surface area contributed by atoms with Crippen molar-refractivity contribution in [3.8, 4) is 0 Å². The van der Waals surface area contributed by atoms with E-state index in [0.29, 0.717) is 17.4 Å². The molecule has 0 bridgehead atoms. The van der Waals surface area contributed by atoms with Crippen LogP contribution in [-0.4, -0.2) is 74.9 Å². The van der Waals surface area contributed by atoms with Crippen LogP contribution in [0, 0.1) is 0 Å². The van der Waals surface area contributed by atoms with Gasteiger partial charge in [0.2, 0.25) is 0 Å². The number of rotatable bonds is 63. The van der Waals surface area contributed by atoms with Gasteiger partial charge in [0.05, 0.1) is 27.7 Å². The SMILES string of the molecule is CC/C=C\C/C=C\C/C=C\C/C=C\C/C=C\C/C=C\C/C=C\C/C=C\CCCCCCCCCCCCCCCCCCC(=O)OC(COC(=O)CCCCCCCC/C=C\C/C=C\C/C=C\CCCCCCC)COP(=O)(O)OCC[N+](C)(C)C. The van der Waals surface area contributed by atoms with Crippen molar-refractivity contribution in [1.82, 2.24) is 0 Å². The van der Waals surface area contributed by atoms with E-state index in [4.69, 9.17) is 18.5 Å². The second kappa shape index (κ2) is 65.6. The molecule has 0 aromatic carbocycles. The number of carbonyl (C=O) groups excluding carboxylic acids is 2. The fourth-order valence-corrected chi connectivity index (χ4v) is 10.1. The molecule has 2 unspecified atom stereocenters. The summed E-state index contributed by atoms with van der Waals surface area (Å²) in [6.07, 6.45) is 95.5. The molecule has 0 heterocycles.